The molecule has 2 aromatic heterocycles. The van der Waals surface area contributed by atoms with Crippen molar-refractivity contribution in [1.29, 1.82) is 0 Å². The molecule has 0 aliphatic carbocycles. The van der Waals surface area contributed by atoms with Crippen LogP contribution in [0.25, 0.3) is 0 Å². The molecule has 0 fully saturated rings. The lowest BCUT2D eigenvalue weighted by molar-refractivity contribution is 0.881. The van der Waals surface area contributed by atoms with Crippen molar-refractivity contribution >= 4 is 11.6 Å². The first-order valence-corrected chi connectivity index (χ1v) is 6.81. The molecule has 2 rings (SSSR count). The van der Waals surface area contributed by atoms with Gasteiger partial charge in [0, 0.05) is 18.9 Å². The van der Waals surface area contributed by atoms with E-state index in [0.717, 1.165) is 35.7 Å². The molecule has 3 heteroatoms. The zero-order valence-electron chi connectivity index (χ0n) is 12.1. The van der Waals surface area contributed by atoms with Gasteiger partial charge in [-0.3, -0.25) is 0 Å². The van der Waals surface area contributed by atoms with E-state index in [4.69, 9.17) is 0 Å². The molecule has 0 saturated heterocycles. The van der Waals surface area contributed by atoms with Gasteiger partial charge in [0.15, 0.2) is 0 Å². The van der Waals surface area contributed by atoms with Crippen molar-refractivity contribution in [2.24, 2.45) is 0 Å². The van der Waals surface area contributed by atoms with Crippen molar-refractivity contribution in [1.82, 2.24) is 9.97 Å². The number of pyridine rings is 2. The molecule has 0 spiro atoms. The van der Waals surface area contributed by atoms with Gasteiger partial charge in [-0.05, 0) is 41.8 Å². The van der Waals surface area contributed by atoms with E-state index in [1.165, 1.54) is 0 Å². The van der Waals surface area contributed by atoms with Gasteiger partial charge in [0.1, 0.15) is 11.6 Å². The average molecular weight is 277 g/mol. The molecule has 21 heavy (non-hydrogen) atoms. The number of hydrogen-bond acceptors (Lipinski definition) is 3. The van der Waals surface area contributed by atoms with Crippen LogP contribution in [0.2, 0.25) is 0 Å². The molecular formula is C18H19N3. The third-order valence-corrected chi connectivity index (χ3v) is 3.19. The first-order valence-electron chi connectivity index (χ1n) is 6.81. The Hall–Kier alpha value is -2.68. The maximum absolute atomic E-state index is 4.41. The van der Waals surface area contributed by atoms with Crippen molar-refractivity contribution in [2.45, 2.75) is 6.42 Å². The summed E-state index contributed by atoms with van der Waals surface area (Å²) in [5.74, 6) is 1.74. The van der Waals surface area contributed by atoms with E-state index in [2.05, 4.69) is 34.6 Å². The molecule has 0 aliphatic heterocycles. The topological polar surface area (TPSA) is 29.0 Å². The zero-order chi connectivity index (χ0) is 15.1. The van der Waals surface area contributed by atoms with Crippen molar-refractivity contribution in [3.05, 3.63) is 85.8 Å². The first-order chi connectivity index (χ1) is 10.2. The monoisotopic (exact) mass is 277 g/mol. The van der Waals surface area contributed by atoms with Crippen LogP contribution in [0.15, 0.2) is 85.8 Å². The number of aromatic nitrogens is 2. The van der Waals surface area contributed by atoms with Crippen LogP contribution < -0.4 is 4.90 Å². The first kappa shape index (κ1) is 14.7. The fourth-order valence-corrected chi connectivity index (χ4v) is 1.92. The largest absolute Gasteiger partial charge is 0.311 e. The molecule has 0 unspecified atom stereocenters. The molecule has 0 bridgehead atoms. The Morgan fingerprint density at radius 3 is 2.00 bits per heavy atom. The number of nitrogens with zero attached hydrogens (tertiary/aromatic N) is 3. The highest BCUT2D eigenvalue weighted by molar-refractivity contribution is 5.55. The third kappa shape index (κ3) is 3.89. The molecule has 2 aromatic rings. The van der Waals surface area contributed by atoms with Gasteiger partial charge >= 0.3 is 0 Å². The summed E-state index contributed by atoms with van der Waals surface area (Å²) in [5, 5.41) is 0. The minimum absolute atomic E-state index is 0.736. The summed E-state index contributed by atoms with van der Waals surface area (Å²) in [4.78, 5) is 10.9. The van der Waals surface area contributed by atoms with Crippen LogP contribution in [0, 0.1) is 0 Å². The van der Waals surface area contributed by atoms with Crippen LogP contribution in [-0.4, -0.2) is 16.5 Å². The predicted octanol–water partition coefficient (Wildman–Crippen LogP) is 4.30. The summed E-state index contributed by atoms with van der Waals surface area (Å²) < 4.78 is 0. The number of allylic oxidation sites excluding steroid dienone is 2. The average Bonchev–Trinajstić information content (AvgIpc) is 2.56. The summed E-state index contributed by atoms with van der Waals surface area (Å²) in [7, 11) is 0. The van der Waals surface area contributed by atoms with E-state index in [-0.39, 0.29) is 0 Å². The van der Waals surface area contributed by atoms with Crippen molar-refractivity contribution in [3.63, 3.8) is 0 Å². The Morgan fingerprint density at radius 2 is 1.57 bits per heavy atom. The van der Waals surface area contributed by atoms with E-state index in [1.807, 2.05) is 36.4 Å². The van der Waals surface area contributed by atoms with E-state index in [9.17, 15) is 0 Å². The molecule has 0 atom stereocenters. The van der Waals surface area contributed by atoms with Gasteiger partial charge in [0.2, 0.25) is 0 Å². The molecule has 0 saturated carbocycles. The molecule has 3 nitrogen and oxygen atoms in total. The Labute approximate surface area is 126 Å². The van der Waals surface area contributed by atoms with Crippen molar-refractivity contribution in [2.75, 3.05) is 11.4 Å². The van der Waals surface area contributed by atoms with Crippen LogP contribution in [0.5, 0.6) is 0 Å². The maximum Gasteiger partial charge on any atom is 0.134 e. The van der Waals surface area contributed by atoms with Gasteiger partial charge in [0.05, 0.1) is 0 Å². The second-order valence-electron chi connectivity index (χ2n) is 4.61. The van der Waals surface area contributed by atoms with E-state index >= 15 is 0 Å². The molecule has 0 aliphatic rings. The van der Waals surface area contributed by atoms with Crippen LogP contribution in [-0.2, 0) is 0 Å². The number of hydrogen-bond donors (Lipinski definition) is 0. The predicted molar refractivity (Wildman–Crippen MR) is 88.6 cm³/mol. The van der Waals surface area contributed by atoms with Gasteiger partial charge < -0.3 is 4.90 Å². The lowest BCUT2D eigenvalue weighted by Gasteiger charge is -2.23. The Balaban J connectivity index is 2.20. The van der Waals surface area contributed by atoms with Crippen LogP contribution >= 0.6 is 0 Å². The van der Waals surface area contributed by atoms with E-state index in [1.54, 1.807) is 18.5 Å². The molecule has 0 N–H and O–H groups in total. The van der Waals surface area contributed by atoms with Gasteiger partial charge in [0.25, 0.3) is 0 Å². The minimum Gasteiger partial charge on any atom is -0.311 e. The fraction of sp³-hybridized carbons (Fsp3) is 0.111. The van der Waals surface area contributed by atoms with Crippen LogP contribution in [0.4, 0.5) is 11.6 Å². The highest BCUT2D eigenvalue weighted by Crippen LogP contribution is 2.22. The SMILES string of the molecule is C=CC(=C)C(=C)CCN(c1ccccn1)c1ccccn1. The fourth-order valence-electron chi connectivity index (χ4n) is 1.92. The summed E-state index contributed by atoms with van der Waals surface area (Å²) in [5.41, 5.74) is 1.85. The van der Waals surface area contributed by atoms with Crippen molar-refractivity contribution in [3.8, 4) is 0 Å². The Morgan fingerprint density at radius 1 is 1.00 bits per heavy atom. The van der Waals surface area contributed by atoms with Gasteiger partial charge in [-0.1, -0.05) is 37.9 Å². The third-order valence-electron chi connectivity index (χ3n) is 3.19. The Bertz CT molecular complexity index is 578. The van der Waals surface area contributed by atoms with Crippen LogP contribution in [0.1, 0.15) is 6.42 Å². The minimum atomic E-state index is 0.736. The van der Waals surface area contributed by atoms with Gasteiger partial charge in [-0.2, -0.15) is 0 Å². The molecular weight excluding hydrogens is 258 g/mol. The lowest BCUT2D eigenvalue weighted by atomic mass is 10.1. The lowest BCUT2D eigenvalue weighted by Crippen LogP contribution is -2.21. The number of rotatable bonds is 7. The summed E-state index contributed by atoms with van der Waals surface area (Å²) >= 11 is 0. The normalized spacial score (nSPS) is 9.90. The zero-order valence-corrected chi connectivity index (χ0v) is 12.1. The van der Waals surface area contributed by atoms with E-state index in [0.29, 0.717) is 0 Å². The summed E-state index contributed by atoms with van der Waals surface area (Å²) in [6.07, 6.45) is 6.07. The maximum atomic E-state index is 4.41. The second-order valence-corrected chi connectivity index (χ2v) is 4.61. The quantitative estimate of drug-likeness (QED) is 0.706. The van der Waals surface area contributed by atoms with Gasteiger partial charge in [-0.15, -0.1) is 0 Å². The highest BCUT2D eigenvalue weighted by Gasteiger charge is 2.11. The molecule has 2 heterocycles. The molecule has 0 radical (unpaired) electrons. The molecule has 0 aromatic carbocycles. The van der Waals surface area contributed by atoms with Gasteiger partial charge in [-0.25, -0.2) is 9.97 Å². The standard InChI is InChI=1S/C18H19N3/c1-4-15(2)16(3)11-14-21(17-9-5-7-12-19-17)18-10-6-8-13-20-18/h4-10,12-13H,1-3,11,14H2. The summed E-state index contributed by atoms with van der Waals surface area (Å²) in [6.45, 7) is 12.4. The van der Waals surface area contributed by atoms with Crippen LogP contribution in [0.3, 0.4) is 0 Å². The number of anilines is 2. The van der Waals surface area contributed by atoms with Crippen molar-refractivity contribution < 1.29 is 0 Å². The highest BCUT2D eigenvalue weighted by atomic mass is 15.2. The smallest absolute Gasteiger partial charge is 0.134 e. The summed E-state index contributed by atoms with van der Waals surface area (Å²) in [6, 6.07) is 11.7. The molecule has 0 amide bonds. The molecule has 106 valence electrons. The second kappa shape index (κ2) is 7.20. The van der Waals surface area contributed by atoms with E-state index < -0.39 is 0 Å². The Kier molecular flexibility index (Phi) is 5.04.